The summed E-state index contributed by atoms with van der Waals surface area (Å²) in [4.78, 5) is 38.7. The third-order valence-electron chi connectivity index (χ3n) is 9.94. The van der Waals surface area contributed by atoms with Crippen molar-refractivity contribution in [2.75, 3.05) is 11.9 Å². The molecule has 1 fully saturated rings. The van der Waals surface area contributed by atoms with Crippen molar-refractivity contribution in [3.8, 4) is 22.6 Å². The smallest absolute Gasteiger partial charge is 0.265 e. The first kappa shape index (κ1) is 31.0. The Morgan fingerprint density at radius 1 is 0.878 bits per heavy atom. The van der Waals surface area contributed by atoms with Crippen LogP contribution in [-0.4, -0.2) is 41.8 Å². The normalized spacial score (nSPS) is 15.2. The van der Waals surface area contributed by atoms with Gasteiger partial charge in [-0.05, 0) is 97.5 Å². The monoisotopic (exact) mass is 669 g/mol. The molecule has 1 aliphatic carbocycles. The molecule has 0 spiro atoms. The number of carbonyl (C=O) groups is 2. The molecule has 3 aromatic carbocycles. The lowest BCUT2D eigenvalue weighted by Crippen LogP contribution is -2.30. The molecule has 3 aromatic heterocycles. The molecule has 0 bridgehead atoms. The number of sulfonamides is 1. The fraction of sp³-hybridized carbons (Fsp3) is 0.231. The molecule has 0 radical (unpaired) electrons. The molecule has 1 aliphatic heterocycles. The zero-order chi connectivity index (χ0) is 33.9. The molecule has 1 saturated carbocycles. The molecule has 2 aliphatic rings. The maximum absolute atomic E-state index is 14.0. The van der Waals surface area contributed by atoms with Crippen molar-refractivity contribution in [3.05, 3.63) is 108 Å². The molecule has 0 saturated heterocycles. The van der Waals surface area contributed by atoms with Gasteiger partial charge in [0, 0.05) is 35.1 Å². The summed E-state index contributed by atoms with van der Waals surface area (Å²) < 4.78 is 30.3. The lowest BCUT2D eigenvalue weighted by molar-refractivity contribution is -0.118. The molecular formula is C39H35N5O4S. The second kappa shape index (κ2) is 12.0. The fourth-order valence-corrected chi connectivity index (χ4v) is 8.54. The standard InChI is InChI=1S/C39H35N5O4S/c1-24-19-20-40-33(21-24)32-18-15-28-31(41-32)17-16-30-37(28)43(2)35(45)23-44-34-22-26(39(46)42-49(47,48)27-11-7-4-8-12-27)13-14-29(34)36(38(30)44)25-9-5-3-6-10-25/h4,7-8,11-22,25H,3,5-6,9-10,23H2,1-2H3,(H,42,46). The lowest BCUT2D eigenvalue weighted by atomic mass is 9.81. The summed E-state index contributed by atoms with van der Waals surface area (Å²) in [5.74, 6) is -0.555. The van der Waals surface area contributed by atoms with E-state index in [1.165, 1.54) is 24.1 Å². The molecule has 0 unspecified atom stereocenters. The van der Waals surface area contributed by atoms with Gasteiger partial charge in [0.25, 0.3) is 15.9 Å². The lowest BCUT2D eigenvalue weighted by Gasteiger charge is -2.24. The van der Waals surface area contributed by atoms with E-state index in [1.54, 1.807) is 48.5 Å². The van der Waals surface area contributed by atoms with Gasteiger partial charge in [0.15, 0.2) is 0 Å². The summed E-state index contributed by atoms with van der Waals surface area (Å²) in [6, 6.07) is 25.2. The Kier molecular flexibility index (Phi) is 7.55. The molecule has 0 atom stereocenters. The molecule has 10 heteroatoms. The van der Waals surface area contributed by atoms with Crippen molar-refractivity contribution in [1.29, 1.82) is 0 Å². The van der Waals surface area contributed by atoms with Crippen LogP contribution in [0.1, 0.15) is 59.5 Å². The summed E-state index contributed by atoms with van der Waals surface area (Å²) in [7, 11) is -2.27. The number of aromatic nitrogens is 3. The number of hydrogen-bond acceptors (Lipinski definition) is 6. The van der Waals surface area contributed by atoms with Crippen LogP contribution < -0.4 is 9.62 Å². The number of nitrogens with zero attached hydrogens (tertiary/aromatic N) is 4. The van der Waals surface area contributed by atoms with Gasteiger partial charge in [0.05, 0.1) is 38.7 Å². The van der Waals surface area contributed by atoms with Crippen LogP contribution in [0.3, 0.4) is 0 Å². The Bertz CT molecular complexity index is 2410. The van der Waals surface area contributed by atoms with Gasteiger partial charge in [-0.15, -0.1) is 0 Å². The summed E-state index contributed by atoms with van der Waals surface area (Å²) in [6.07, 6.45) is 7.28. The highest BCUT2D eigenvalue weighted by molar-refractivity contribution is 7.90. The van der Waals surface area contributed by atoms with E-state index in [4.69, 9.17) is 4.98 Å². The summed E-state index contributed by atoms with van der Waals surface area (Å²) in [5.41, 5.74) is 8.21. The number of benzene rings is 3. The molecule has 2 amide bonds. The molecule has 49 heavy (non-hydrogen) atoms. The van der Waals surface area contributed by atoms with E-state index in [0.29, 0.717) is 0 Å². The molecule has 8 rings (SSSR count). The number of amides is 2. The van der Waals surface area contributed by atoms with Gasteiger partial charge >= 0.3 is 0 Å². The Morgan fingerprint density at radius 3 is 2.43 bits per heavy atom. The van der Waals surface area contributed by atoms with E-state index in [1.807, 2.05) is 47.9 Å². The van der Waals surface area contributed by atoms with Crippen molar-refractivity contribution < 1.29 is 18.0 Å². The Labute approximate surface area is 284 Å². The highest BCUT2D eigenvalue weighted by atomic mass is 32.2. The second-order valence-electron chi connectivity index (χ2n) is 13.1. The summed E-state index contributed by atoms with van der Waals surface area (Å²) in [6.45, 7) is 2.09. The fourth-order valence-electron chi connectivity index (χ4n) is 7.54. The third-order valence-corrected chi connectivity index (χ3v) is 11.3. The number of hydrogen-bond donors (Lipinski definition) is 1. The average molecular weight is 670 g/mol. The number of rotatable bonds is 5. The molecule has 4 heterocycles. The van der Waals surface area contributed by atoms with Crippen molar-refractivity contribution in [3.63, 3.8) is 0 Å². The Morgan fingerprint density at radius 2 is 1.65 bits per heavy atom. The minimum Gasteiger partial charge on any atom is -0.331 e. The van der Waals surface area contributed by atoms with Crippen LogP contribution in [0.4, 0.5) is 5.69 Å². The Balaban J connectivity index is 1.31. The topological polar surface area (TPSA) is 114 Å². The molecule has 6 aromatic rings. The minimum absolute atomic E-state index is 0.00906. The zero-order valence-electron chi connectivity index (χ0n) is 27.3. The largest absolute Gasteiger partial charge is 0.331 e. The first-order chi connectivity index (χ1) is 23.7. The van der Waals surface area contributed by atoms with Crippen LogP contribution in [0.5, 0.6) is 0 Å². The van der Waals surface area contributed by atoms with Crippen molar-refractivity contribution in [1.82, 2.24) is 19.3 Å². The van der Waals surface area contributed by atoms with Crippen molar-refractivity contribution >= 4 is 49.3 Å². The van der Waals surface area contributed by atoms with Crippen molar-refractivity contribution in [2.24, 2.45) is 0 Å². The SMILES string of the molecule is Cc1ccnc(-c2ccc3c4c(ccc3n2)-c2c(C3CCCCC3)c3ccc(C(=O)NS(=O)(=O)c5ccccc5)cc3n2CC(=O)N4C)c1. The second-order valence-corrected chi connectivity index (χ2v) is 14.7. The summed E-state index contributed by atoms with van der Waals surface area (Å²) >= 11 is 0. The first-order valence-electron chi connectivity index (χ1n) is 16.6. The van der Waals surface area contributed by atoms with Gasteiger partial charge in [0.2, 0.25) is 5.91 Å². The van der Waals surface area contributed by atoms with Crippen molar-refractivity contribution in [2.45, 2.75) is 56.4 Å². The van der Waals surface area contributed by atoms with Gasteiger partial charge in [-0.3, -0.25) is 14.6 Å². The van der Waals surface area contributed by atoms with Crippen LogP contribution >= 0.6 is 0 Å². The highest BCUT2D eigenvalue weighted by Crippen LogP contribution is 2.49. The predicted octanol–water partition coefficient (Wildman–Crippen LogP) is 7.37. The Hall–Kier alpha value is -5.35. The van der Waals surface area contributed by atoms with E-state index in [-0.39, 0.29) is 28.8 Å². The molecule has 1 N–H and O–H groups in total. The number of aryl methyl sites for hydroxylation is 1. The number of pyridine rings is 2. The van der Waals surface area contributed by atoms with Crippen LogP contribution in [-0.2, 0) is 21.4 Å². The number of nitrogens with one attached hydrogen (secondary N) is 1. The van der Waals surface area contributed by atoms with Gasteiger partial charge < -0.3 is 9.47 Å². The van der Waals surface area contributed by atoms with E-state index >= 15 is 0 Å². The first-order valence-corrected chi connectivity index (χ1v) is 18.1. The van der Waals surface area contributed by atoms with E-state index in [2.05, 4.69) is 15.8 Å². The highest BCUT2D eigenvalue weighted by Gasteiger charge is 2.33. The number of fused-ring (bicyclic) bond motifs is 7. The van der Waals surface area contributed by atoms with Gasteiger partial charge in [-0.25, -0.2) is 18.1 Å². The molecule has 246 valence electrons. The maximum Gasteiger partial charge on any atom is 0.265 e. The summed E-state index contributed by atoms with van der Waals surface area (Å²) in [5, 5.41) is 1.84. The third kappa shape index (κ3) is 5.36. The van der Waals surface area contributed by atoms with Crippen LogP contribution in [0, 0.1) is 6.92 Å². The van der Waals surface area contributed by atoms with Gasteiger partial charge in [-0.1, -0.05) is 43.5 Å². The number of carbonyl (C=O) groups excluding carboxylic acids is 2. The minimum atomic E-state index is -4.07. The van der Waals surface area contributed by atoms with Gasteiger partial charge in [-0.2, -0.15) is 0 Å². The number of likely N-dealkylation sites (N-methyl/N-ethyl adjacent to an activating group) is 1. The molecular weight excluding hydrogens is 635 g/mol. The quantitative estimate of drug-likeness (QED) is 0.205. The van der Waals surface area contributed by atoms with E-state index in [0.717, 1.165) is 81.4 Å². The number of anilines is 1. The maximum atomic E-state index is 14.0. The van der Waals surface area contributed by atoms with E-state index < -0.39 is 15.9 Å². The molecule has 9 nitrogen and oxygen atoms in total. The van der Waals surface area contributed by atoms with Crippen LogP contribution in [0.2, 0.25) is 0 Å². The zero-order valence-corrected chi connectivity index (χ0v) is 28.1. The van der Waals surface area contributed by atoms with Crippen LogP contribution in [0.25, 0.3) is 44.5 Å². The van der Waals surface area contributed by atoms with E-state index in [9.17, 15) is 18.0 Å². The average Bonchev–Trinajstić information content (AvgIpc) is 3.38. The predicted molar refractivity (Wildman–Crippen MR) is 191 cm³/mol. The van der Waals surface area contributed by atoms with Gasteiger partial charge in [0.1, 0.15) is 6.54 Å². The van der Waals surface area contributed by atoms with Crippen LogP contribution in [0.15, 0.2) is 96.0 Å².